The molecular weight excluding hydrogens is 288 g/mol. The summed E-state index contributed by atoms with van der Waals surface area (Å²) in [5.74, 6) is 1.24. The highest BCUT2D eigenvalue weighted by Gasteiger charge is 2.34. The maximum atomic E-state index is 12.4. The molecule has 1 N–H and O–H groups in total. The molecule has 1 saturated carbocycles. The molecule has 0 radical (unpaired) electrons. The lowest BCUT2D eigenvalue weighted by atomic mass is 10.1. The molecule has 2 aliphatic rings. The predicted octanol–water partition coefficient (Wildman–Crippen LogP) is 3.11. The summed E-state index contributed by atoms with van der Waals surface area (Å²) in [7, 11) is 1.70. The number of hydrogen-bond acceptors (Lipinski definition) is 3. The second-order valence-corrected chi connectivity index (χ2v) is 6.79. The maximum Gasteiger partial charge on any atom is 0.224 e. The molecule has 1 aromatic carbocycles. The Hall–Kier alpha value is -1.55. The van der Waals surface area contributed by atoms with Gasteiger partial charge in [0.25, 0.3) is 0 Å². The lowest BCUT2D eigenvalue weighted by molar-refractivity contribution is -0.129. The summed E-state index contributed by atoms with van der Waals surface area (Å²) in [6, 6.07) is 8.80. The zero-order chi connectivity index (χ0) is 16.1. The zero-order valence-electron chi connectivity index (χ0n) is 14.1. The van der Waals surface area contributed by atoms with Gasteiger partial charge in [-0.05, 0) is 18.9 Å². The molecule has 23 heavy (non-hydrogen) atoms. The quantitative estimate of drug-likeness (QED) is 0.849. The van der Waals surface area contributed by atoms with Crippen LogP contribution in [0.3, 0.4) is 0 Å². The molecule has 1 aromatic rings. The van der Waals surface area contributed by atoms with Crippen LogP contribution in [0.25, 0.3) is 0 Å². The number of nitrogens with one attached hydrogen (secondary N) is 1. The van der Waals surface area contributed by atoms with Crippen molar-refractivity contribution in [3.05, 3.63) is 29.8 Å². The fraction of sp³-hybridized carbons (Fsp3) is 0.632. The standard InChI is InChI=1S/C19H28N2O2/c1-23-18-11-7-6-8-15(18)13-20-16-12-19(22)21(14-16)17-9-4-2-3-5-10-17/h6-8,11,16-17,20H,2-5,9-10,12-14H2,1H3. The fourth-order valence-corrected chi connectivity index (χ4v) is 3.89. The minimum absolute atomic E-state index is 0.260. The van der Waals surface area contributed by atoms with E-state index < -0.39 is 0 Å². The van der Waals surface area contributed by atoms with Crippen molar-refractivity contribution >= 4 is 5.91 Å². The highest BCUT2D eigenvalue weighted by Crippen LogP contribution is 2.26. The number of nitrogens with zero attached hydrogens (tertiary/aromatic N) is 1. The van der Waals surface area contributed by atoms with Gasteiger partial charge in [-0.3, -0.25) is 4.79 Å². The van der Waals surface area contributed by atoms with Crippen molar-refractivity contribution in [1.29, 1.82) is 0 Å². The molecule has 1 heterocycles. The van der Waals surface area contributed by atoms with Gasteiger partial charge in [0.05, 0.1) is 7.11 Å². The number of carbonyl (C=O) groups excluding carboxylic acids is 1. The summed E-state index contributed by atoms with van der Waals surface area (Å²) in [6.45, 7) is 1.61. The Balaban J connectivity index is 1.55. The molecule has 1 amide bonds. The van der Waals surface area contributed by atoms with E-state index in [4.69, 9.17) is 4.74 Å². The monoisotopic (exact) mass is 316 g/mol. The van der Waals surface area contributed by atoms with Gasteiger partial charge in [-0.1, -0.05) is 43.9 Å². The zero-order valence-corrected chi connectivity index (χ0v) is 14.1. The van der Waals surface area contributed by atoms with Crippen LogP contribution in [0.2, 0.25) is 0 Å². The molecule has 1 atom stereocenters. The third-order valence-corrected chi connectivity index (χ3v) is 5.20. The van der Waals surface area contributed by atoms with Crippen LogP contribution in [-0.4, -0.2) is 36.5 Å². The summed E-state index contributed by atoms with van der Waals surface area (Å²) in [6.07, 6.45) is 8.20. The maximum absolute atomic E-state index is 12.4. The van der Waals surface area contributed by atoms with E-state index in [0.29, 0.717) is 18.4 Å². The van der Waals surface area contributed by atoms with E-state index in [-0.39, 0.29) is 6.04 Å². The molecule has 3 rings (SSSR count). The molecule has 1 aliphatic heterocycles. The summed E-state index contributed by atoms with van der Waals surface area (Å²) in [5.41, 5.74) is 1.15. The Morgan fingerprint density at radius 2 is 1.91 bits per heavy atom. The molecule has 4 nitrogen and oxygen atoms in total. The normalized spacial score (nSPS) is 23.1. The molecule has 1 unspecified atom stereocenters. The first kappa shape index (κ1) is 16.3. The Labute approximate surface area is 139 Å². The molecular formula is C19H28N2O2. The summed E-state index contributed by atoms with van der Waals surface area (Å²) in [4.78, 5) is 14.5. The number of rotatable bonds is 5. The van der Waals surface area contributed by atoms with Crippen molar-refractivity contribution in [3.63, 3.8) is 0 Å². The molecule has 126 valence electrons. The van der Waals surface area contributed by atoms with Crippen LogP contribution in [0.4, 0.5) is 0 Å². The van der Waals surface area contributed by atoms with Gasteiger partial charge >= 0.3 is 0 Å². The Kier molecular flexibility index (Phi) is 5.55. The van der Waals surface area contributed by atoms with E-state index in [9.17, 15) is 4.79 Å². The number of benzene rings is 1. The number of hydrogen-bond donors (Lipinski definition) is 1. The Morgan fingerprint density at radius 1 is 1.17 bits per heavy atom. The molecule has 0 spiro atoms. The third-order valence-electron chi connectivity index (χ3n) is 5.20. The van der Waals surface area contributed by atoms with Crippen LogP contribution in [0.15, 0.2) is 24.3 Å². The number of ether oxygens (including phenoxy) is 1. The lowest BCUT2D eigenvalue weighted by Gasteiger charge is -2.27. The first-order chi connectivity index (χ1) is 11.3. The van der Waals surface area contributed by atoms with Crippen molar-refractivity contribution in [2.24, 2.45) is 0 Å². The summed E-state index contributed by atoms with van der Waals surface area (Å²) < 4.78 is 5.39. The van der Waals surface area contributed by atoms with Gasteiger partial charge in [0, 0.05) is 37.2 Å². The van der Waals surface area contributed by atoms with Gasteiger partial charge in [0.1, 0.15) is 5.75 Å². The number of methoxy groups -OCH3 is 1. The van der Waals surface area contributed by atoms with Crippen LogP contribution in [-0.2, 0) is 11.3 Å². The Morgan fingerprint density at radius 3 is 2.65 bits per heavy atom. The summed E-state index contributed by atoms with van der Waals surface area (Å²) in [5, 5.41) is 3.55. The van der Waals surface area contributed by atoms with Crippen LogP contribution in [0.5, 0.6) is 5.75 Å². The van der Waals surface area contributed by atoms with Gasteiger partial charge in [-0.15, -0.1) is 0 Å². The highest BCUT2D eigenvalue weighted by atomic mass is 16.5. The van der Waals surface area contributed by atoms with E-state index in [1.54, 1.807) is 7.11 Å². The molecule has 1 saturated heterocycles. The van der Waals surface area contributed by atoms with Gasteiger partial charge in [0.2, 0.25) is 5.91 Å². The van der Waals surface area contributed by atoms with Gasteiger partial charge in [-0.2, -0.15) is 0 Å². The number of carbonyl (C=O) groups is 1. The second-order valence-electron chi connectivity index (χ2n) is 6.79. The smallest absolute Gasteiger partial charge is 0.224 e. The van der Waals surface area contributed by atoms with E-state index in [0.717, 1.165) is 24.4 Å². The van der Waals surface area contributed by atoms with Gasteiger partial charge < -0.3 is 15.0 Å². The van der Waals surface area contributed by atoms with Crippen molar-refractivity contribution in [3.8, 4) is 5.75 Å². The van der Waals surface area contributed by atoms with Crippen molar-refractivity contribution in [2.75, 3.05) is 13.7 Å². The van der Waals surface area contributed by atoms with Crippen LogP contribution in [0, 0.1) is 0 Å². The average molecular weight is 316 g/mol. The number of amides is 1. The first-order valence-corrected chi connectivity index (χ1v) is 8.92. The van der Waals surface area contributed by atoms with E-state index >= 15 is 0 Å². The second kappa shape index (κ2) is 7.82. The molecule has 0 aromatic heterocycles. The van der Waals surface area contributed by atoms with E-state index in [1.807, 2.05) is 18.2 Å². The van der Waals surface area contributed by atoms with Gasteiger partial charge in [0.15, 0.2) is 0 Å². The molecule has 4 heteroatoms. The number of likely N-dealkylation sites (tertiary alicyclic amines) is 1. The third kappa shape index (κ3) is 4.05. The minimum atomic E-state index is 0.260. The minimum Gasteiger partial charge on any atom is -0.496 e. The van der Waals surface area contributed by atoms with Gasteiger partial charge in [-0.25, -0.2) is 0 Å². The fourth-order valence-electron chi connectivity index (χ4n) is 3.89. The van der Waals surface area contributed by atoms with Crippen LogP contribution < -0.4 is 10.1 Å². The molecule has 0 bridgehead atoms. The van der Waals surface area contributed by atoms with E-state index in [2.05, 4.69) is 16.3 Å². The SMILES string of the molecule is COc1ccccc1CNC1CC(=O)N(C2CCCCCC2)C1. The predicted molar refractivity (Wildman–Crippen MR) is 91.4 cm³/mol. The van der Waals surface area contributed by atoms with E-state index in [1.165, 1.54) is 38.5 Å². The lowest BCUT2D eigenvalue weighted by Crippen LogP contribution is -2.38. The number of para-hydroxylation sites is 1. The van der Waals surface area contributed by atoms with Crippen molar-refractivity contribution in [1.82, 2.24) is 10.2 Å². The largest absolute Gasteiger partial charge is 0.496 e. The Bertz CT molecular complexity index is 524. The van der Waals surface area contributed by atoms with Crippen molar-refractivity contribution in [2.45, 2.75) is 63.6 Å². The summed E-state index contributed by atoms with van der Waals surface area (Å²) >= 11 is 0. The van der Waals surface area contributed by atoms with Crippen molar-refractivity contribution < 1.29 is 9.53 Å². The van der Waals surface area contributed by atoms with Crippen LogP contribution in [0.1, 0.15) is 50.5 Å². The average Bonchev–Trinajstić information content (AvgIpc) is 2.78. The highest BCUT2D eigenvalue weighted by molar-refractivity contribution is 5.79. The molecule has 2 fully saturated rings. The van der Waals surface area contributed by atoms with Crippen LogP contribution >= 0.6 is 0 Å². The molecule has 1 aliphatic carbocycles. The topological polar surface area (TPSA) is 41.6 Å². The first-order valence-electron chi connectivity index (χ1n) is 8.92.